The average molecular weight is 266 g/mol. The molecule has 0 aliphatic carbocycles. The van der Waals surface area contributed by atoms with E-state index in [1.165, 1.54) is 24.3 Å². The van der Waals surface area contributed by atoms with E-state index in [0.717, 1.165) is 0 Å². The number of hydrogen-bond acceptors (Lipinski definition) is 3. The topological polar surface area (TPSA) is 67.4 Å². The Balaban J connectivity index is 1.72. The Morgan fingerprint density at radius 3 is 2.79 bits per heavy atom. The minimum absolute atomic E-state index is 0.00746. The summed E-state index contributed by atoms with van der Waals surface area (Å²) in [6.45, 7) is 0.317. The van der Waals surface area contributed by atoms with Crippen LogP contribution in [0.5, 0.6) is 5.75 Å². The third kappa shape index (κ3) is 4.24. The van der Waals surface area contributed by atoms with Crippen LogP contribution in [0.1, 0.15) is 12.8 Å². The zero-order chi connectivity index (χ0) is 13.7. The second-order valence-electron chi connectivity index (χ2n) is 4.35. The highest BCUT2D eigenvalue weighted by atomic mass is 19.1. The monoisotopic (exact) mass is 266 g/mol. The van der Waals surface area contributed by atoms with Gasteiger partial charge in [-0.3, -0.25) is 9.59 Å². The number of amides is 2. The van der Waals surface area contributed by atoms with Gasteiger partial charge in [0, 0.05) is 19.0 Å². The average Bonchev–Trinajstić information content (AvgIpc) is 2.41. The summed E-state index contributed by atoms with van der Waals surface area (Å²) in [6, 6.07) is 5.41. The molecule has 1 atom stereocenters. The van der Waals surface area contributed by atoms with Gasteiger partial charge >= 0.3 is 0 Å². The Labute approximate surface area is 110 Å². The number of ether oxygens (including phenoxy) is 1. The minimum atomic E-state index is -0.352. The van der Waals surface area contributed by atoms with Crippen molar-refractivity contribution in [2.24, 2.45) is 0 Å². The first kappa shape index (κ1) is 13.3. The van der Waals surface area contributed by atoms with Crippen molar-refractivity contribution in [2.75, 3.05) is 13.2 Å². The van der Waals surface area contributed by atoms with Crippen LogP contribution >= 0.6 is 0 Å². The number of rotatable bonds is 4. The second kappa shape index (κ2) is 6.17. The van der Waals surface area contributed by atoms with E-state index in [9.17, 15) is 14.0 Å². The van der Waals surface area contributed by atoms with Crippen LogP contribution < -0.4 is 15.4 Å². The maximum absolute atomic E-state index is 12.7. The summed E-state index contributed by atoms with van der Waals surface area (Å²) in [7, 11) is 0. The molecule has 1 heterocycles. The van der Waals surface area contributed by atoms with Gasteiger partial charge < -0.3 is 15.4 Å². The van der Waals surface area contributed by atoms with Gasteiger partial charge in [0.05, 0.1) is 0 Å². The fourth-order valence-corrected chi connectivity index (χ4v) is 1.81. The van der Waals surface area contributed by atoms with E-state index in [2.05, 4.69) is 10.6 Å². The third-order valence-corrected chi connectivity index (χ3v) is 2.81. The molecule has 2 amide bonds. The van der Waals surface area contributed by atoms with E-state index in [1.54, 1.807) is 0 Å². The molecule has 0 radical (unpaired) electrons. The molecule has 2 rings (SSSR count). The first-order chi connectivity index (χ1) is 9.13. The van der Waals surface area contributed by atoms with Gasteiger partial charge in [-0.05, 0) is 30.7 Å². The lowest BCUT2D eigenvalue weighted by molar-refractivity contribution is -0.126. The highest BCUT2D eigenvalue weighted by Crippen LogP contribution is 2.10. The van der Waals surface area contributed by atoms with Crippen molar-refractivity contribution < 1.29 is 18.7 Å². The molecule has 0 spiro atoms. The standard InChI is InChI=1S/C13H15FN2O3/c14-9-1-4-11(5-2-9)19-8-13(18)16-10-3-6-12(17)15-7-10/h1-2,4-5,10H,3,6-8H2,(H,15,17)(H,16,18). The van der Waals surface area contributed by atoms with Gasteiger partial charge in [0.15, 0.2) is 6.61 Å². The summed E-state index contributed by atoms with van der Waals surface area (Å²) in [4.78, 5) is 22.6. The summed E-state index contributed by atoms with van der Waals surface area (Å²) < 4.78 is 17.9. The normalized spacial score (nSPS) is 18.6. The van der Waals surface area contributed by atoms with Crippen LogP contribution in [-0.4, -0.2) is 31.0 Å². The molecule has 0 saturated carbocycles. The Hall–Kier alpha value is -2.11. The first-order valence-corrected chi connectivity index (χ1v) is 6.08. The zero-order valence-electron chi connectivity index (χ0n) is 10.3. The Morgan fingerprint density at radius 1 is 1.42 bits per heavy atom. The molecule has 1 aromatic rings. The fourth-order valence-electron chi connectivity index (χ4n) is 1.81. The predicted octanol–water partition coefficient (Wildman–Crippen LogP) is 0.599. The van der Waals surface area contributed by atoms with Gasteiger partial charge in [0.25, 0.3) is 5.91 Å². The summed E-state index contributed by atoms with van der Waals surface area (Å²) in [5.74, 6) is -0.165. The molecule has 1 aromatic carbocycles. The van der Waals surface area contributed by atoms with E-state index in [0.29, 0.717) is 25.1 Å². The molecule has 1 fully saturated rings. The van der Waals surface area contributed by atoms with Gasteiger partial charge in [0.2, 0.25) is 5.91 Å². The van der Waals surface area contributed by atoms with Crippen molar-refractivity contribution in [2.45, 2.75) is 18.9 Å². The van der Waals surface area contributed by atoms with Crippen LogP contribution in [0.2, 0.25) is 0 Å². The molecule has 1 aliphatic heterocycles. The number of carbonyl (C=O) groups is 2. The number of piperidine rings is 1. The Kier molecular flexibility index (Phi) is 4.33. The molecule has 6 heteroatoms. The van der Waals surface area contributed by atoms with E-state index in [4.69, 9.17) is 4.74 Å². The lowest BCUT2D eigenvalue weighted by Crippen LogP contribution is -2.48. The Bertz CT molecular complexity index is 451. The molecule has 102 valence electrons. The maximum atomic E-state index is 12.7. The minimum Gasteiger partial charge on any atom is -0.484 e. The third-order valence-electron chi connectivity index (χ3n) is 2.81. The molecule has 2 N–H and O–H groups in total. The van der Waals surface area contributed by atoms with E-state index in [-0.39, 0.29) is 30.3 Å². The summed E-state index contributed by atoms with van der Waals surface area (Å²) in [5.41, 5.74) is 0. The largest absolute Gasteiger partial charge is 0.484 e. The van der Waals surface area contributed by atoms with Crippen molar-refractivity contribution in [1.82, 2.24) is 10.6 Å². The lowest BCUT2D eigenvalue weighted by atomic mass is 10.1. The van der Waals surface area contributed by atoms with Crippen molar-refractivity contribution in [1.29, 1.82) is 0 Å². The lowest BCUT2D eigenvalue weighted by Gasteiger charge is -2.23. The second-order valence-corrected chi connectivity index (χ2v) is 4.35. The van der Waals surface area contributed by atoms with Crippen molar-refractivity contribution in [3.05, 3.63) is 30.1 Å². The molecular formula is C13H15FN2O3. The number of hydrogen-bond donors (Lipinski definition) is 2. The first-order valence-electron chi connectivity index (χ1n) is 6.08. The molecule has 0 aromatic heterocycles. The van der Waals surface area contributed by atoms with Crippen LogP contribution in [0.4, 0.5) is 4.39 Å². The van der Waals surface area contributed by atoms with Crippen LogP contribution in [0.3, 0.4) is 0 Å². The van der Waals surface area contributed by atoms with Gasteiger partial charge in [-0.1, -0.05) is 0 Å². The van der Waals surface area contributed by atoms with E-state index >= 15 is 0 Å². The number of halogens is 1. The van der Waals surface area contributed by atoms with Crippen LogP contribution in [0.15, 0.2) is 24.3 Å². The smallest absolute Gasteiger partial charge is 0.258 e. The molecule has 1 unspecified atom stereocenters. The molecule has 1 aliphatic rings. The quantitative estimate of drug-likeness (QED) is 0.838. The molecule has 0 bridgehead atoms. The van der Waals surface area contributed by atoms with Crippen molar-refractivity contribution in [3.63, 3.8) is 0 Å². The number of carbonyl (C=O) groups excluding carboxylic acids is 2. The zero-order valence-corrected chi connectivity index (χ0v) is 10.3. The summed E-state index contributed by atoms with van der Waals surface area (Å²) in [5, 5.41) is 5.45. The predicted molar refractivity (Wildman–Crippen MR) is 66.1 cm³/mol. The van der Waals surface area contributed by atoms with Crippen LogP contribution in [0.25, 0.3) is 0 Å². The van der Waals surface area contributed by atoms with Gasteiger partial charge in [0.1, 0.15) is 11.6 Å². The maximum Gasteiger partial charge on any atom is 0.258 e. The molecular weight excluding hydrogens is 251 g/mol. The van der Waals surface area contributed by atoms with Crippen molar-refractivity contribution >= 4 is 11.8 Å². The Morgan fingerprint density at radius 2 is 2.16 bits per heavy atom. The van der Waals surface area contributed by atoms with Gasteiger partial charge in [-0.15, -0.1) is 0 Å². The van der Waals surface area contributed by atoms with E-state index in [1.807, 2.05) is 0 Å². The van der Waals surface area contributed by atoms with Crippen LogP contribution in [-0.2, 0) is 9.59 Å². The SMILES string of the molecule is O=C1CCC(NC(=O)COc2ccc(F)cc2)CN1. The molecule has 1 saturated heterocycles. The molecule has 5 nitrogen and oxygen atoms in total. The van der Waals surface area contributed by atoms with Crippen molar-refractivity contribution in [3.8, 4) is 5.75 Å². The van der Waals surface area contributed by atoms with E-state index < -0.39 is 0 Å². The highest BCUT2D eigenvalue weighted by molar-refractivity contribution is 5.79. The summed E-state index contributed by atoms with van der Waals surface area (Å²) in [6.07, 6.45) is 1.05. The highest BCUT2D eigenvalue weighted by Gasteiger charge is 2.19. The number of nitrogens with one attached hydrogen (secondary N) is 2. The molecule has 19 heavy (non-hydrogen) atoms. The number of benzene rings is 1. The van der Waals surface area contributed by atoms with Gasteiger partial charge in [-0.2, -0.15) is 0 Å². The fraction of sp³-hybridized carbons (Fsp3) is 0.385. The van der Waals surface area contributed by atoms with Gasteiger partial charge in [-0.25, -0.2) is 4.39 Å². The van der Waals surface area contributed by atoms with Crippen LogP contribution in [0, 0.1) is 5.82 Å². The summed E-state index contributed by atoms with van der Waals surface area (Å²) >= 11 is 0.